The molecule has 92 valence electrons. The summed E-state index contributed by atoms with van der Waals surface area (Å²) in [7, 11) is 0. The van der Waals surface area contributed by atoms with E-state index >= 15 is 0 Å². The SMILES string of the molecule is NC(=O)CN(CC(N)=O)Cc1ccc(N)nc1. The van der Waals surface area contributed by atoms with E-state index in [1.54, 1.807) is 18.3 Å². The molecule has 0 fully saturated rings. The molecule has 17 heavy (non-hydrogen) atoms. The number of hydrogen-bond donors (Lipinski definition) is 3. The van der Waals surface area contributed by atoms with E-state index in [4.69, 9.17) is 17.2 Å². The van der Waals surface area contributed by atoms with Crippen LogP contribution in [0.4, 0.5) is 5.82 Å². The summed E-state index contributed by atoms with van der Waals surface area (Å²) in [6.07, 6.45) is 1.57. The van der Waals surface area contributed by atoms with Gasteiger partial charge in [0.05, 0.1) is 13.1 Å². The minimum atomic E-state index is -0.519. The first kappa shape index (κ1) is 12.9. The second-order valence-electron chi connectivity index (χ2n) is 3.67. The Morgan fingerprint density at radius 3 is 2.18 bits per heavy atom. The van der Waals surface area contributed by atoms with Gasteiger partial charge < -0.3 is 17.2 Å². The fourth-order valence-corrected chi connectivity index (χ4v) is 1.40. The van der Waals surface area contributed by atoms with Crippen molar-refractivity contribution in [2.24, 2.45) is 11.5 Å². The number of nitrogens with two attached hydrogens (primary N) is 3. The van der Waals surface area contributed by atoms with Gasteiger partial charge in [-0.1, -0.05) is 6.07 Å². The fourth-order valence-electron chi connectivity index (χ4n) is 1.40. The van der Waals surface area contributed by atoms with Gasteiger partial charge >= 0.3 is 0 Å². The molecule has 0 unspecified atom stereocenters. The topological polar surface area (TPSA) is 128 Å². The van der Waals surface area contributed by atoms with Crippen molar-refractivity contribution >= 4 is 17.6 Å². The van der Waals surface area contributed by atoms with Crippen molar-refractivity contribution in [3.63, 3.8) is 0 Å². The highest BCUT2D eigenvalue weighted by molar-refractivity contribution is 5.79. The van der Waals surface area contributed by atoms with Crippen LogP contribution >= 0.6 is 0 Å². The minimum absolute atomic E-state index is 0.0344. The maximum absolute atomic E-state index is 10.8. The highest BCUT2D eigenvalue weighted by Gasteiger charge is 2.11. The summed E-state index contributed by atoms with van der Waals surface area (Å²) < 4.78 is 0. The molecule has 0 aliphatic carbocycles. The summed E-state index contributed by atoms with van der Waals surface area (Å²) in [5.74, 6) is -0.630. The van der Waals surface area contributed by atoms with Crippen LogP contribution in [0.2, 0.25) is 0 Å². The molecule has 6 N–H and O–H groups in total. The largest absolute Gasteiger partial charge is 0.384 e. The monoisotopic (exact) mass is 237 g/mol. The van der Waals surface area contributed by atoms with Crippen LogP contribution in [0.5, 0.6) is 0 Å². The molecule has 0 aliphatic rings. The molecule has 7 nitrogen and oxygen atoms in total. The molecule has 0 aromatic carbocycles. The minimum Gasteiger partial charge on any atom is -0.384 e. The molecule has 1 heterocycles. The van der Waals surface area contributed by atoms with Crippen LogP contribution in [0.1, 0.15) is 5.56 Å². The van der Waals surface area contributed by atoms with Gasteiger partial charge in [0.2, 0.25) is 11.8 Å². The van der Waals surface area contributed by atoms with E-state index in [1.165, 1.54) is 4.90 Å². The summed E-state index contributed by atoms with van der Waals surface area (Å²) in [6.45, 7) is 0.291. The number of pyridine rings is 1. The lowest BCUT2D eigenvalue weighted by atomic mass is 10.2. The molecular weight excluding hydrogens is 222 g/mol. The summed E-state index contributed by atoms with van der Waals surface area (Å²) in [5.41, 5.74) is 16.4. The smallest absolute Gasteiger partial charge is 0.231 e. The molecule has 0 radical (unpaired) electrons. The Morgan fingerprint density at radius 1 is 1.18 bits per heavy atom. The van der Waals surface area contributed by atoms with Crippen molar-refractivity contribution in [1.82, 2.24) is 9.88 Å². The van der Waals surface area contributed by atoms with Gasteiger partial charge in [-0.2, -0.15) is 0 Å². The van der Waals surface area contributed by atoms with Gasteiger partial charge in [-0.25, -0.2) is 4.98 Å². The Kier molecular flexibility index (Phi) is 4.41. The average Bonchev–Trinajstić information content (AvgIpc) is 2.19. The summed E-state index contributed by atoms with van der Waals surface area (Å²) in [6, 6.07) is 3.40. The Hall–Kier alpha value is -2.15. The second kappa shape index (κ2) is 5.80. The van der Waals surface area contributed by atoms with Crippen LogP contribution in [0.25, 0.3) is 0 Å². The molecule has 1 aromatic rings. The summed E-state index contributed by atoms with van der Waals surface area (Å²) >= 11 is 0. The molecule has 0 bridgehead atoms. The zero-order chi connectivity index (χ0) is 12.8. The van der Waals surface area contributed by atoms with E-state index in [0.29, 0.717) is 12.4 Å². The van der Waals surface area contributed by atoms with Crippen molar-refractivity contribution in [1.29, 1.82) is 0 Å². The predicted molar refractivity (Wildman–Crippen MR) is 62.3 cm³/mol. The normalized spacial score (nSPS) is 10.4. The number of aromatic nitrogens is 1. The highest BCUT2D eigenvalue weighted by atomic mass is 16.2. The van der Waals surface area contributed by atoms with Gasteiger partial charge in [0.25, 0.3) is 0 Å². The lowest BCUT2D eigenvalue weighted by Gasteiger charge is -2.18. The molecule has 2 amide bonds. The van der Waals surface area contributed by atoms with E-state index in [0.717, 1.165) is 5.56 Å². The van der Waals surface area contributed by atoms with Crippen molar-refractivity contribution in [3.8, 4) is 0 Å². The number of amides is 2. The van der Waals surface area contributed by atoms with Crippen molar-refractivity contribution in [3.05, 3.63) is 23.9 Å². The first-order chi connectivity index (χ1) is 7.97. The lowest BCUT2D eigenvalue weighted by molar-refractivity contribution is -0.122. The molecule has 0 atom stereocenters. The van der Waals surface area contributed by atoms with Gasteiger partial charge in [-0.05, 0) is 11.6 Å². The number of carbonyl (C=O) groups is 2. The number of carbonyl (C=O) groups excluding carboxylic acids is 2. The molecule has 0 saturated carbocycles. The van der Waals surface area contributed by atoms with E-state index in [-0.39, 0.29) is 13.1 Å². The van der Waals surface area contributed by atoms with E-state index in [1.807, 2.05) is 0 Å². The Balaban J connectivity index is 2.67. The van der Waals surface area contributed by atoms with E-state index < -0.39 is 11.8 Å². The Bertz CT molecular complexity index is 388. The summed E-state index contributed by atoms with van der Waals surface area (Å²) in [4.78, 5) is 27.1. The van der Waals surface area contributed by atoms with Gasteiger partial charge in [0, 0.05) is 12.7 Å². The zero-order valence-electron chi connectivity index (χ0n) is 9.30. The second-order valence-corrected chi connectivity index (χ2v) is 3.67. The standard InChI is InChI=1S/C10H15N5O2/c11-8-2-1-7(3-14-8)4-15(5-9(12)16)6-10(13)17/h1-3H,4-6H2,(H2,11,14)(H2,12,16)(H2,13,17). The number of rotatable bonds is 6. The molecule has 0 spiro atoms. The number of anilines is 1. The molecule has 0 saturated heterocycles. The zero-order valence-corrected chi connectivity index (χ0v) is 9.30. The Labute approximate surface area is 98.6 Å². The third kappa shape index (κ3) is 4.94. The average molecular weight is 237 g/mol. The summed E-state index contributed by atoms with van der Waals surface area (Å²) in [5, 5.41) is 0. The van der Waals surface area contributed by atoms with Gasteiger partial charge in [-0.15, -0.1) is 0 Å². The lowest BCUT2D eigenvalue weighted by Crippen LogP contribution is -2.39. The van der Waals surface area contributed by atoms with Crippen LogP contribution < -0.4 is 17.2 Å². The molecular formula is C10H15N5O2. The van der Waals surface area contributed by atoms with Crippen molar-refractivity contribution in [2.45, 2.75) is 6.54 Å². The van der Waals surface area contributed by atoms with E-state index in [2.05, 4.69) is 4.98 Å². The first-order valence-corrected chi connectivity index (χ1v) is 4.96. The molecule has 1 aromatic heterocycles. The molecule has 0 aliphatic heterocycles. The van der Waals surface area contributed by atoms with Crippen LogP contribution in [0.3, 0.4) is 0 Å². The maximum Gasteiger partial charge on any atom is 0.231 e. The van der Waals surface area contributed by atoms with Crippen LogP contribution in [0, 0.1) is 0 Å². The molecule has 1 rings (SSSR count). The quantitative estimate of drug-likeness (QED) is 0.551. The van der Waals surface area contributed by atoms with Gasteiger partial charge in [-0.3, -0.25) is 14.5 Å². The van der Waals surface area contributed by atoms with E-state index in [9.17, 15) is 9.59 Å². The van der Waals surface area contributed by atoms with Gasteiger partial charge in [0.15, 0.2) is 0 Å². The maximum atomic E-state index is 10.8. The van der Waals surface area contributed by atoms with Crippen LogP contribution in [-0.2, 0) is 16.1 Å². The third-order valence-electron chi connectivity index (χ3n) is 2.01. The van der Waals surface area contributed by atoms with Crippen LogP contribution in [-0.4, -0.2) is 34.8 Å². The Morgan fingerprint density at radius 2 is 1.76 bits per heavy atom. The number of nitrogen functional groups attached to an aromatic ring is 1. The third-order valence-corrected chi connectivity index (χ3v) is 2.01. The number of hydrogen-bond acceptors (Lipinski definition) is 5. The van der Waals surface area contributed by atoms with Crippen molar-refractivity contribution in [2.75, 3.05) is 18.8 Å². The first-order valence-electron chi connectivity index (χ1n) is 4.96. The highest BCUT2D eigenvalue weighted by Crippen LogP contribution is 2.05. The predicted octanol–water partition coefficient (Wildman–Crippen LogP) is -1.56. The number of nitrogens with zero attached hydrogens (tertiary/aromatic N) is 2. The van der Waals surface area contributed by atoms with Crippen LogP contribution in [0.15, 0.2) is 18.3 Å². The van der Waals surface area contributed by atoms with Gasteiger partial charge in [0.1, 0.15) is 5.82 Å². The fraction of sp³-hybridized carbons (Fsp3) is 0.300. The van der Waals surface area contributed by atoms with Crippen molar-refractivity contribution < 1.29 is 9.59 Å². The molecule has 7 heteroatoms. The number of primary amides is 2.